The summed E-state index contributed by atoms with van der Waals surface area (Å²) in [6.45, 7) is 3.99. The third-order valence-electron chi connectivity index (χ3n) is 2.20. The van der Waals surface area contributed by atoms with E-state index in [1.165, 1.54) is 6.07 Å². The number of hydrogen-bond acceptors (Lipinski definition) is 4. The molecule has 0 aliphatic carbocycles. The summed E-state index contributed by atoms with van der Waals surface area (Å²) in [7, 11) is 0. The summed E-state index contributed by atoms with van der Waals surface area (Å²) in [5.74, 6) is -1.50. The topological polar surface area (TPSA) is 81.4 Å². The van der Waals surface area contributed by atoms with Crippen LogP contribution >= 0.6 is 0 Å². The van der Waals surface area contributed by atoms with Gasteiger partial charge in [0.25, 0.3) is 5.91 Å². The summed E-state index contributed by atoms with van der Waals surface area (Å²) >= 11 is 0. The summed E-state index contributed by atoms with van der Waals surface area (Å²) < 4.78 is 17.8. The Morgan fingerprint density at radius 1 is 1.37 bits per heavy atom. The van der Waals surface area contributed by atoms with Crippen molar-refractivity contribution in [2.24, 2.45) is 5.92 Å². The van der Waals surface area contributed by atoms with E-state index in [1.54, 1.807) is 0 Å². The van der Waals surface area contributed by atoms with Crippen LogP contribution in [-0.2, 0) is 9.53 Å². The van der Waals surface area contributed by atoms with E-state index in [0.717, 1.165) is 12.1 Å². The molecule has 6 heteroatoms. The fraction of sp³-hybridized carbons (Fsp3) is 0.385. The van der Waals surface area contributed by atoms with Crippen molar-refractivity contribution in [3.63, 3.8) is 0 Å². The molecule has 1 aromatic rings. The maximum absolute atomic E-state index is 13.0. The van der Waals surface area contributed by atoms with Crippen molar-refractivity contribution in [2.75, 3.05) is 18.9 Å². The van der Waals surface area contributed by atoms with Gasteiger partial charge in [0.2, 0.25) is 0 Å². The second kappa shape index (κ2) is 6.72. The van der Waals surface area contributed by atoms with Gasteiger partial charge in [0.1, 0.15) is 5.82 Å². The van der Waals surface area contributed by atoms with E-state index < -0.39 is 24.3 Å². The van der Waals surface area contributed by atoms with Crippen molar-refractivity contribution in [3.05, 3.63) is 29.6 Å². The summed E-state index contributed by atoms with van der Waals surface area (Å²) in [5.41, 5.74) is 5.51. The molecule has 3 N–H and O–H groups in total. The van der Waals surface area contributed by atoms with Crippen molar-refractivity contribution >= 4 is 17.6 Å². The molecule has 0 saturated heterocycles. The average molecular weight is 268 g/mol. The summed E-state index contributed by atoms with van der Waals surface area (Å²) in [6, 6.07) is 3.38. The van der Waals surface area contributed by atoms with Crippen LogP contribution in [0.25, 0.3) is 0 Å². The van der Waals surface area contributed by atoms with Crippen molar-refractivity contribution < 1.29 is 18.7 Å². The Kier molecular flexibility index (Phi) is 5.29. The van der Waals surface area contributed by atoms with Gasteiger partial charge in [-0.1, -0.05) is 13.8 Å². The molecule has 0 saturated carbocycles. The second-order valence-corrected chi connectivity index (χ2v) is 4.55. The van der Waals surface area contributed by atoms with E-state index >= 15 is 0 Å². The zero-order valence-electron chi connectivity index (χ0n) is 10.9. The van der Waals surface area contributed by atoms with Crippen molar-refractivity contribution in [1.82, 2.24) is 5.32 Å². The van der Waals surface area contributed by atoms with Crippen LogP contribution in [0.1, 0.15) is 24.2 Å². The highest BCUT2D eigenvalue weighted by Gasteiger charge is 2.12. The molecule has 19 heavy (non-hydrogen) atoms. The first-order valence-electron chi connectivity index (χ1n) is 5.88. The first kappa shape index (κ1) is 14.9. The summed E-state index contributed by atoms with van der Waals surface area (Å²) in [5, 5.41) is 2.60. The smallest absolute Gasteiger partial charge is 0.338 e. The number of ether oxygens (including phenoxy) is 1. The van der Waals surface area contributed by atoms with Crippen LogP contribution in [0.2, 0.25) is 0 Å². The highest BCUT2D eigenvalue weighted by Crippen LogP contribution is 2.11. The maximum atomic E-state index is 13.0. The molecule has 0 unspecified atom stereocenters. The van der Waals surface area contributed by atoms with E-state index in [0.29, 0.717) is 12.5 Å². The molecule has 0 aliphatic rings. The fourth-order valence-corrected chi connectivity index (χ4v) is 1.31. The molecule has 0 aliphatic heterocycles. The molecule has 0 fully saturated rings. The molecule has 1 amide bonds. The first-order chi connectivity index (χ1) is 8.88. The number of carbonyl (C=O) groups excluding carboxylic acids is 2. The van der Waals surface area contributed by atoms with Crippen LogP contribution in [-0.4, -0.2) is 25.0 Å². The Balaban J connectivity index is 2.49. The predicted molar refractivity (Wildman–Crippen MR) is 68.9 cm³/mol. The summed E-state index contributed by atoms with van der Waals surface area (Å²) in [4.78, 5) is 22.9. The van der Waals surface area contributed by atoms with E-state index in [4.69, 9.17) is 10.5 Å². The molecule has 0 spiro atoms. The minimum atomic E-state index is -0.786. The number of esters is 1. The van der Waals surface area contributed by atoms with Crippen LogP contribution in [0, 0.1) is 11.7 Å². The van der Waals surface area contributed by atoms with Crippen molar-refractivity contribution in [1.29, 1.82) is 0 Å². The van der Waals surface area contributed by atoms with E-state index in [9.17, 15) is 14.0 Å². The van der Waals surface area contributed by atoms with Gasteiger partial charge in [0, 0.05) is 12.2 Å². The minimum absolute atomic E-state index is 0.0193. The Bertz CT molecular complexity index is 455. The number of benzene rings is 1. The second-order valence-electron chi connectivity index (χ2n) is 4.55. The minimum Gasteiger partial charge on any atom is -0.452 e. The van der Waals surface area contributed by atoms with Gasteiger partial charge in [0.05, 0.1) is 5.56 Å². The van der Waals surface area contributed by atoms with E-state index in [1.807, 2.05) is 13.8 Å². The third-order valence-corrected chi connectivity index (χ3v) is 2.20. The van der Waals surface area contributed by atoms with Crippen LogP contribution in [0.4, 0.5) is 10.1 Å². The zero-order chi connectivity index (χ0) is 14.4. The van der Waals surface area contributed by atoms with Gasteiger partial charge in [-0.15, -0.1) is 0 Å². The van der Waals surface area contributed by atoms with Crippen LogP contribution in [0.15, 0.2) is 18.2 Å². The lowest BCUT2D eigenvalue weighted by atomic mass is 10.2. The number of hydrogen-bond donors (Lipinski definition) is 2. The molecule has 5 nitrogen and oxygen atoms in total. The molecular weight excluding hydrogens is 251 g/mol. The highest BCUT2D eigenvalue weighted by atomic mass is 19.1. The standard InChI is InChI=1S/C13H17FN2O3/c1-8(2)6-16-12(17)7-19-13(18)9-3-10(14)5-11(15)4-9/h3-5,8H,6-7,15H2,1-2H3,(H,16,17). The van der Waals surface area contributed by atoms with Crippen LogP contribution < -0.4 is 11.1 Å². The molecule has 1 rings (SSSR count). The van der Waals surface area contributed by atoms with Gasteiger partial charge in [-0.3, -0.25) is 4.79 Å². The van der Waals surface area contributed by atoms with Crippen molar-refractivity contribution in [3.8, 4) is 0 Å². The highest BCUT2D eigenvalue weighted by molar-refractivity contribution is 5.92. The Labute approximate surface area is 110 Å². The molecule has 1 aromatic carbocycles. The van der Waals surface area contributed by atoms with Gasteiger partial charge in [0.15, 0.2) is 6.61 Å². The lowest BCUT2D eigenvalue weighted by molar-refractivity contribution is -0.124. The number of nitrogen functional groups attached to an aromatic ring is 1. The number of nitrogens with one attached hydrogen (secondary N) is 1. The Morgan fingerprint density at radius 3 is 2.63 bits per heavy atom. The van der Waals surface area contributed by atoms with Crippen molar-refractivity contribution in [2.45, 2.75) is 13.8 Å². The molecule has 104 valence electrons. The predicted octanol–water partition coefficient (Wildman–Crippen LogP) is 1.34. The number of anilines is 1. The maximum Gasteiger partial charge on any atom is 0.338 e. The Hall–Kier alpha value is -2.11. The Morgan fingerprint density at radius 2 is 2.05 bits per heavy atom. The van der Waals surface area contributed by atoms with Gasteiger partial charge in [-0.2, -0.15) is 0 Å². The summed E-state index contributed by atoms with van der Waals surface area (Å²) in [6.07, 6.45) is 0. The van der Waals surface area contributed by atoms with Crippen LogP contribution in [0.5, 0.6) is 0 Å². The number of carbonyl (C=O) groups is 2. The molecule has 0 bridgehead atoms. The van der Waals surface area contributed by atoms with Crippen LogP contribution in [0.3, 0.4) is 0 Å². The normalized spacial score (nSPS) is 10.3. The van der Waals surface area contributed by atoms with Gasteiger partial charge >= 0.3 is 5.97 Å². The largest absolute Gasteiger partial charge is 0.452 e. The molecule has 0 radical (unpaired) electrons. The number of amides is 1. The lowest BCUT2D eigenvalue weighted by Gasteiger charge is -2.08. The number of nitrogens with two attached hydrogens (primary N) is 1. The van der Waals surface area contributed by atoms with E-state index in [2.05, 4.69) is 5.32 Å². The number of halogens is 1. The quantitative estimate of drug-likeness (QED) is 0.623. The molecular formula is C13H17FN2O3. The van der Waals surface area contributed by atoms with Gasteiger partial charge < -0.3 is 15.8 Å². The zero-order valence-corrected chi connectivity index (χ0v) is 10.9. The van der Waals surface area contributed by atoms with Gasteiger partial charge in [-0.05, 0) is 24.1 Å². The molecule has 0 atom stereocenters. The average Bonchev–Trinajstić information content (AvgIpc) is 2.32. The third kappa shape index (κ3) is 5.37. The molecule has 0 aromatic heterocycles. The monoisotopic (exact) mass is 268 g/mol. The van der Waals surface area contributed by atoms with Gasteiger partial charge in [-0.25, -0.2) is 9.18 Å². The first-order valence-corrected chi connectivity index (χ1v) is 5.88. The molecule has 0 heterocycles. The fourth-order valence-electron chi connectivity index (χ4n) is 1.31. The van der Waals surface area contributed by atoms with E-state index in [-0.39, 0.29) is 11.3 Å². The SMILES string of the molecule is CC(C)CNC(=O)COC(=O)c1cc(N)cc(F)c1. The lowest BCUT2D eigenvalue weighted by Crippen LogP contribution is -2.31. The number of rotatable bonds is 5.